The number of hydrogen-bond acceptors (Lipinski definition) is 4. The zero-order valence-corrected chi connectivity index (χ0v) is 12.9. The fourth-order valence-corrected chi connectivity index (χ4v) is 3.11. The smallest absolute Gasteiger partial charge is 0.337 e. The highest BCUT2D eigenvalue weighted by atomic mass is 32.1. The van der Waals surface area contributed by atoms with Crippen molar-refractivity contribution in [3.63, 3.8) is 0 Å². The van der Waals surface area contributed by atoms with Gasteiger partial charge in [-0.05, 0) is 42.5 Å². The summed E-state index contributed by atoms with van der Waals surface area (Å²) < 4.78 is 19.0. The van der Waals surface area contributed by atoms with E-state index in [1.54, 1.807) is 36.4 Å². The minimum atomic E-state index is -0.442. The van der Waals surface area contributed by atoms with Crippen molar-refractivity contribution in [3.05, 3.63) is 64.8 Å². The van der Waals surface area contributed by atoms with Crippen LogP contribution in [0.1, 0.15) is 20.0 Å². The topological polar surface area (TPSA) is 55.4 Å². The molecule has 0 aliphatic carbocycles. The summed E-state index contributed by atoms with van der Waals surface area (Å²) >= 11 is 1.22. The molecule has 2 aromatic carbocycles. The lowest BCUT2D eigenvalue weighted by molar-refractivity contribution is 0.0600. The van der Waals surface area contributed by atoms with Crippen LogP contribution < -0.4 is 5.32 Å². The number of benzene rings is 2. The van der Waals surface area contributed by atoms with Gasteiger partial charge < -0.3 is 10.1 Å². The monoisotopic (exact) mass is 329 g/mol. The Balaban J connectivity index is 1.80. The van der Waals surface area contributed by atoms with E-state index in [-0.39, 0.29) is 11.7 Å². The van der Waals surface area contributed by atoms with E-state index >= 15 is 0 Å². The van der Waals surface area contributed by atoms with Crippen LogP contribution >= 0.6 is 11.3 Å². The number of methoxy groups -OCH3 is 1. The third kappa shape index (κ3) is 3.07. The summed E-state index contributed by atoms with van der Waals surface area (Å²) in [4.78, 5) is 24.0. The lowest BCUT2D eigenvalue weighted by atomic mass is 10.2. The van der Waals surface area contributed by atoms with Crippen LogP contribution in [0.4, 0.5) is 10.1 Å². The number of halogens is 1. The zero-order valence-electron chi connectivity index (χ0n) is 12.1. The van der Waals surface area contributed by atoms with Crippen LogP contribution in [-0.2, 0) is 4.74 Å². The van der Waals surface area contributed by atoms with E-state index < -0.39 is 5.97 Å². The van der Waals surface area contributed by atoms with Gasteiger partial charge >= 0.3 is 5.97 Å². The molecule has 4 nitrogen and oxygen atoms in total. The molecule has 0 aliphatic rings. The number of anilines is 1. The lowest BCUT2D eigenvalue weighted by Gasteiger charge is -2.04. The van der Waals surface area contributed by atoms with E-state index in [4.69, 9.17) is 0 Å². The van der Waals surface area contributed by atoms with Crippen molar-refractivity contribution in [2.24, 2.45) is 0 Å². The number of thiophene rings is 1. The van der Waals surface area contributed by atoms with Gasteiger partial charge in [-0.15, -0.1) is 11.3 Å². The second-order valence-electron chi connectivity index (χ2n) is 4.79. The van der Waals surface area contributed by atoms with Crippen LogP contribution in [0.2, 0.25) is 0 Å². The van der Waals surface area contributed by atoms with Crippen molar-refractivity contribution >= 4 is 39.0 Å². The molecule has 0 fully saturated rings. The average molecular weight is 329 g/mol. The number of rotatable bonds is 3. The summed E-state index contributed by atoms with van der Waals surface area (Å²) in [7, 11) is 1.30. The van der Waals surface area contributed by atoms with Crippen molar-refractivity contribution < 1.29 is 18.7 Å². The van der Waals surface area contributed by atoms with E-state index in [1.807, 2.05) is 0 Å². The molecule has 0 saturated carbocycles. The minimum absolute atomic E-state index is 0.323. The van der Waals surface area contributed by atoms with Crippen molar-refractivity contribution in [1.82, 2.24) is 0 Å². The maximum atomic E-state index is 13.7. The normalized spacial score (nSPS) is 10.5. The van der Waals surface area contributed by atoms with E-state index in [2.05, 4.69) is 10.1 Å². The molecule has 3 aromatic rings. The Morgan fingerprint density at radius 2 is 1.87 bits per heavy atom. The van der Waals surface area contributed by atoms with Crippen LogP contribution in [-0.4, -0.2) is 19.0 Å². The molecule has 1 heterocycles. The number of esters is 1. The van der Waals surface area contributed by atoms with Crippen molar-refractivity contribution in [1.29, 1.82) is 0 Å². The Morgan fingerprint density at radius 1 is 1.13 bits per heavy atom. The number of nitrogens with one attached hydrogen (secondary N) is 1. The maximum Gasteiger partial charge on any atom is 0.337 e. The highest BCUT2D eigenvalue weighted by molar-refractivity contribution is 7.20. The van der Waals surface area contributed by atoms with Gasteiger partial charge in [0.15, 0.2) is 0 Å². The van der Waals surface area contributed by atoms with Gasteiger partial charge in [-0.1, -0.05) is 6.07 Å². The first kappa shape index (κ1) is 15.2. The molecule has 1 amide bonds. The molecule has 0 atom stereocenters. The summed E-state index contributed by atoms with van der Waals surface area (Å²) in [5.41, 5.74) is 0.940. The molecule has 0 radical (unpaired) electrons. The van der Waals surface area contributed by atoms with Crippen LogP contribution in [0.25, 0.3) is 10.1 Å². The second-order valence-corrected chi connectivity index (χ2v) is 5.87. The third-order valence-corrected chi connectivity index (χ3v) is 4.39. The van der Waals surface area contributed by atoms with Gasteiger partial charge in [0.2, 0.25) is 0 Å². The maximum absolute atomic E-state index is 13.7. The summed E-state index contributed by atoms with van der Waals surface area (Å²) in [6.45, 7) is 0. The van der Waals surface area contributed by atoms with Gasteiger partial charge in [0.25, 0.3) is 5.91 Å². The summed E-state index contributed by atoms with van der Waals surface area (Å²) in [5.74, 6) is -1.11. The quantitative estimate of drug-likeness (QED) is 0.737. The lowest BCUT2D eigenvalue weighted by Crippen LogP contribution is -2.10. The Labute approximate surface area is 135 Å². The Morgan fingerprint density at radius 3 is 2.52 bits per heavy atom. The molecule has 3 rings (SSSR count). The minimum Gasteiger partial charge on any atom is -0.465 e. The number of fused-ring (bicyclic) bond motifs is 1. The van der Waals surface area contributed by atoms with Gasteiger partial charge in [-0.3, -0.25) is 4.79 Å². The first-order chi connectivity index (χ1) is 11.1. The highest BCUT2D eigenvalue weighted by Crippen LogP contribution is 2.28. The fraction of sp³-hybridized carbons (Fsp3) is 0.0588. The van der Waals surface area contributed by atoms with Gasteiger partial charge in [0.1, 0.15) is 5.82 Å². The Kier molecular flexibility index (Phi) is 4.08. The number of ether oxygens (including phenoxy) is 1. The molecule has 0 bridgehead atoms. The molecule has 116 valence electrons. The number of carbonyl (C=O) groups excluding carboxylic acids is 2. The van der Waals surface area contributed by atoms with Crippen LogP contribution in [0.3, 0.4) is 0 Å². The zero-order chi connectivity index (χ0) is 16.4. The summed E-state index contributed by atoms with van der Waals surface area (Å²) in [6.07, 6.45) is 0. The van der Waals surface area contributed by atoms with Crippen LogP contribution in [0.5, 0.6) is 0 Å². The largest absolute Gasteiger partial charge is 0.465 e. The molecule has 0 unspecified atom stereocenters. The van der Waals surface area contributed by atoms with E-state index in [0.717, 1.165) is 4.70 Å². The average Bonchev–Trinajstić information content (AvgIpc) is 3.00. The van der Waals surface area contributed by atoms with Crippen molar-refractivity contribution in [2.75, 3.05) is 12.4 Å². The first-order valence-electron chi connectivity index (χ1n) is 6.76. The van der Waals surface area contributed by atoms with E-state index in [1.165, 1.54) is 30.6 Å². The fourth-order valence-electron chi connectivity index (χ4n) is 2.14. The Hall–Kier alpha value is -2.73. The van der Waals surface area contributed by atoms with Gasteiger partial charge in [-0.25, -0.2) is 9.18 Å². The standard InChI is InChI=1S/C17H12FNO3S/c1-22-17(21)10-5-7-11(8-6-10)19-16(20)15-9-12-13(18)3-2-4-14(12)23-15/h2-9H,1H3,(H,19,20). The number of amides is 1. The summed E-state index contributed by atoms with van der Waals surface area (Å²) in [6, 6.07) is 12.6. The SMILES string of the molecule is COC(=O)c1ccc(NC(=O)c2cc3c(F)cccc3s2)cc1. The molecule has 1 N–H and O–H groups in total. The molecule has 0 saturated heterocycles. The second kappa shape index (κ2) is 6.18. The molecular formula is C17H12FNO3S. The molecule has 6 heteroatoms. The molecule has 1 aromatic heterocycles. The number of carbonyl (C=O) groups is 2. The first-order valence-corrected chi connectivity index (χ1v) is 7.58. The van der Waals surface area contributed by atoms with Crippen LogP contribution in [0, 0.1) is 5.82 Å². The molecule has 0 spiro atoms. The van der Waals surface area contributed by atoms with Gasteiger partial charge in [0.05, 0.1) is 17.6 Å². The summed E-state index contributed by atoms with van der Waals surface area (Å²) in [5, 5.41) is 3.15. The molecule has 23 heavy (non-hydrogen) atoms. The Bertz CT molecular complexity index is 886. The van der Waals surface area contributed by atoms with Gasteiger partial charge in [0, 0.05) is 15.8 Å². The molecular weight excluding hydrogens is 317 g/mol. The van der Waals surface area contributed by atoms with Crippen LogP contribution in [0.15, 0.2) is 48.5 Å². The van der Waals surface area contributed by atoms with E-state index in [9.17, 15) is 14.0 Å². The predicted molar refractivity (Wildman–Crippen MR) is 87.5 cm³/mol. The van der Waals surface area contributed by atoms with Gasteiger partial charge in [-0.2, -0.15) is 0 Å². The van der Waals surface area contributed by atoms with E-state index in [0.29, 0.717) is 21.5 Å². The third-order valence-electron chi connectivity index (χ3n) is 3.30. The van der Waals surface area contributed by atoms with Crippen molar-refractivity contribution in [3.8, 4) is 0 Å². The van der Waals surface area contributed by atoms with Crippen molar-refractivity contribution in [2.45, 2.75) is 0 Å². The molecule has 0 aliphatic heterocycles. The number of hydrogen-bond donors (Lipinski definition) is 1. The highest BCUT2D eigenvalue weighted by Gasteiger charge is 2.13. The predicted octanol–water partition coefficient (Wildman–Crippen LogP) is 4.08.